The number of rotatable bonds is 8. The molecule has 0 fully saturated rings. The Balaban J connectivity index is 2.55. The minimum absolute atomic E-state index is 0.0415. The number of hydrogen-bond donors (Lipinski definition) is 2. The molecule has 0 aliphatic carbocycles. The highest BCUT2D eigenvalue weighted by atomic mass is 16.7. The lowest BCUT2D eigenvalue weighted by molar-refractivity contribution is -0.139. The van der Waals surface area contributed by atoms with Crippen LogP contribution in [0.1, 0.15) is 31.3 Å². The van der Waals surface area contributed by atoms with Crippen molar-refractivity contribution >= 4 is 10.8 Å². The smallest absolute Gasteiger partial charge is 0.184 e. The predicted octanol–water partition coefficient (Wildman–Crippen LogP) is 2.77. The highest BCUT2D eigenvalue weighted by Gasteiger charge is 2.20. The Labute approximate surface area is 131 Å². The topological polar surface area (TPSA) is 64.7 Å². The standard InChI is InChI=1S/C18H25NO3/c1-3-21-18(22-4-2)17-14(11-15(19)12-20)10-9-13-7-5-6-8-16(13)17/h5-10,15,18,20H,3-4,11-12,19H2,1-2H3. The van der Waals surface area contributed by atoms with Crippen LogP contribution in [0.2, 0.25) is 0 Å². The van der Waals surface area contributed by atoms with Crippen LogP contribution in [-0.4, -0.2) is 31.0 Å². The molecule has 0 aliphatic heterocycles. The van der Waals surface area contributed by atoms with Crippen molar-refractivity contribution < 1.29 is 14.6 Å². The first-order chi connectivity index (χ1) is 10.7. The van der Waals surface area contributed by atoms with Crippen LogP contribution in [-0.2, 0) is 15.9 Å². The Bertz CT molecular complexity index is 594. The van der Waals surface area contributed by atoms with Crippen molar-refractivity contribution in [2.45, 2.75) is 32.6 Å². The van der Waals surface area contributed by atoms with E-state index in [0.717, 1.165) is 21.9 Å². The molecular formula is C18H25NO3. The van der Waals surface area contributed by atoms with E-state index in [1.54, 1.807) is 0 Å². The second kappa shape index (κ2) is 8.25. The molecule has 4 heteroatoms. The first-order valence-corrected chi connectivity index (χ1v) is 7.81. The van der Waals surface area contributed by atoms with Gasteiger partial charge in [-0.1, -0.05) is 36.4 Å². The lowest BCUT2D eigenvalue weighted by Crippen LogP contribution is -2.28. The van der Waals surface area contributed by atoms with E-state index < -0.39 is 6.29 Å². The van der Waals surface area contributed by atoms with E-state index >= 15 is 0 Å². The third-order valence-electron chi connectivity index (χ3n) is 3.65. The van der Waals surface area contributed by atoms with Crippen LogP contribution in [0.25, 0.3) is 10.8 Å². The summed E-state index contributed by atoms with van der Waals surface area (Å²) >= 11 is 0. The normalized spacial score (nSPS) is 13.0. The fraction of sp³-hybridized carbons (Fsp3) is 0.444. The summed E-state index contributed by atoms with van der Waals surface area (Å²) in [7, 11) is 0. The summed E-state index contributed by atoms with van der Waals surface area (Å²) in [5.41, 5.74) is 8.02. The van der Waals surface area contributed by atoms with Gasteiger partial charge in [-0.3, -0.25) is 0 Å². The number of hydrogen-bond acceptors (Lipinski definition) is 4. The summed E-state index contributed by atoms with van der Waals surface area (Å²) in [6, 6.07) is 12.0. The molecule has 120 valence electrons. The number of benzene rings is 2. The fourth-order valence-electron chi connectivity index (χ4n) is 2.66. The van der Waals surface area contributed by atoms with Crippen molar-refractivity contribution in [1.29, 1.82) is 0 Å². The van der Waals surface area contributed by atoms with Gasteiger partial charge in [0.1, 0.15) is 0 Å². The highest BCUT2D eigenvalue weighted by Crippen LogP contribution is 2.31. The van der Waals surface area contributed by atoms with E-state index in [1.807, 2.05) is 26.0 Å². The maximum atomic E-state index is 9.26. The Morgan fingerprint density at radius 3 is 2.36 bits per heavy atom. The Morgan fingerprint density at radius 1 is 1.05 bits per heavy atom. The van der Waals surface area contributed by atoms with Crippen LogP contribution in [0, 0.1) is 0 Å². The van der Waals surface area contributed by atoms with Gasteiger partial charge < -0.3 is 20.3 Å². The average molecular weight is 303 g/mol. The van der Waals surface area contributed by atoms with Gasteiger partial charge in [0.15, 0.2) is 6.29 Å². The molecule has 0 heterocycles. The molecule has 0 saturated heterocycles. The van der Waals surface area contributed by atoms with E-state index in [0.29, 0.717) is 19.6 Å². The zero-order chi connectivity index (χ0) is 15.9. The second-order valence-corrected chi connectivity index (χ2v) is 5.25. The van der Waals surface area contributed by atoms with Gasteiger partial charge in [0.2, 0.25) is 0 Å². The summed E-state index contributed by atoms with van der Waals surface area (Å²) in [5.74, 6) is 0. The molecule has 2 aromatic carbocycles. The number of fused-ring (bicyclic) bond motifs is 1. The zero-order valence-electron chi connectivity index (χ0n) is 13.3. The van der Waals surface area contributed by atoms with Gasteiger partial charge in [-0.15, -0.1) is 0 Å². The van der Waals surface area contributed by atoms with E-state index in [2.05, 4.69) is 24.3 Å². The molecule has 0 spiro atoms. The SMILES string of the molecule is CCOC(OCC)c1c(CC(N)CO)ccc2ccccc12. The molecule has 1 unspecified atom stereocenters. The summed E-state index contributed by atoms with van der Waals surface area (Å²) in [5, 5.41) is 11.5. The minimum Gasteiger partial charge on any atom is -0.395 e. The van der Waals surface area contributed by atoms with Gasteiger partial charge in [0.05, 0.1) is 6.61 Å². The van der Waals surface area contributed by atoms with Gasteiger partial charge in [0.25, 0.3) is 0 Å². The molecule has 0 bridgehead atoms. The minimum atomic E-state index is -0.415. The van der Waals surface area contributed by atoms with Crippen molar-refractivity contribution in [2.75, 3.05) is 19.8 Å². The Morgan fingerprint density at radius 2 is 1.73 bits per heavy atom. The van der Waals surface area contributed by atoms with Crippen LogP contribution in [0.3, 0.4) is 0 Å². The van der Waals surface area contributed by atoms with E-state index in [4.69, 9.17) is 15.2 Å². The van der Waals surface area contributed by atoms with Crippen molar-refractivity contribution in [3.8, 4) is 0 Å². The Kier molecular flexibility index (Phi) is 6.34. The zero-order valence-corrected chi connectivity index (χ0v) is 13.3. The molecule has 3 N–H and O–H groups in total. The molecule has 0 radical (unpaired) electrons. The van der Waals surface area contributed by atoms with Gasteiger partial charge in [-0.05, 0) is 36.6 Å². The largest absolute Gasteiger partial charge is 0.395 e. The van der Waals surface area contributed by atoms with Crippen LogP contribution in [0.15, 0.2) is 36.4 Å². The maximum Gasteiger partial charge on any atom is 0.184 e. The first kappa shape index (κ1) is 16.9. The van der Waals surface area contributed by atoms with Gasteiger partial charge >= 0.3 is 0 Å². The number of ether oxygens (including phenoxy) is 2. The third-order valence-corrected chi connectivity index (χ3v) is 3.65. The van der Waals surface area contributed by atoms with Gasteiger partial charge in [-0.2, -0.15) is 0 Å². The van der Waals surface area contributed by atoms with E-state index in [1.165, 1.54) is 0 Å². The summed E-state index contributed by atoms with van der Waals surface area (Å²) < 4.78 is 11.6. The number of aliphatic hydroxyl groups is 1. The predicted molar refractivity (Wildman–Crippen MR) is 88.7 cm³/mol. The summed E-state index contributed by atoms with van der Waals surface area (Å²) in [4.78, 5) is 0. The fourth-order valence-corrected chi connectivity index (χ4v) is 2.66. The Hall–Kier alpha value is -1.46. The monoisotopic (exact) mass is 303 g/mol. The summed E-state index contributed by atoms with van der Waals surface area (Å²) in [6.45, 7) is 5.01. The molecule has 0 saturated carbocycles. The highest BCUT2D eigenvalue weighted by molar-refractivity contribution is 5.87. The first-order valence-electron chi connectivity index (χ1n) is 7.81. The maximum absolute atomic E-state index is 9.26. The molecule has 0 amide bonds. The van der Waals surface area contributed by atoms with Crippen LogP contribution >= 0.6 is 0 Å². The molecule has 2 rings (SSSR count). The molecule has 4 nitrogen and oxygen atoms in total. The van der Waals surface area contributed by atoms with Crippen molar-refractivity contribution in [1.82, 2.24) is 0 Å². The van der Waals surface area contributed by atoms with Crippen molar-refractivity contribution in [3.63, 3.8) is 0 Å². The molecule has 2 aromatic rings. The molecule has 0 aliphatic rings. The van der Waals surface area contributed by atoms with E-state index in [-0.39, 0.29) is 12.6 Å². The number of nitrogens with two attached hydrogens (primary N) is 1. The second-order valence-electron chi connectivity index (χ2n) is 5.25. The van der Waals surface area contributed by atoms with E-state index in [9.17, 15) is 5.11 Å². The van der Waals surface area contributed by atoms with Gasteiger partial charge in [-0.25, -0.2) is 0 Å². The quantitative estimate of drug-likeness (QED) is 0.736. The lowest BCUT2D eigenvalue weighted by atomic mass is 9.94. The molecule has 1 atom stereocenters. The average Bonchev–Trinajstić information content (AvgIpc) is 2.54. The third kappa shape index (κ3) is 3.84. The number of aliphatic hydroxyl groups excluding tert-OH is 1. The van der Waals surface area contributed by atoms with Crippen LogP contribution < -0.4 is 5.73 Å². The van der Waals surface area contributed by atoms with Crippen LogP contribution in [0.5, 0.6) is 0 Å². The van der Waals surface area contributed by atoms with Crippen molar-refractivity contribution in [2.24, 2.45) is 5.73 Å². The summed E-state index contributed by atoms with van der Waals surface area (Å²) in [6.07, 6.45) is 0.176. The molecular weight excluding hydrogens is 278 g/mol. The molecule has 22 heavy (non-hydrogen) atoms. The molecule has 0 aromatic heterocycles. The van der Waals surface area contributed by atoms with Crippen LogP contribution in [0.4, 0.5) is 0 Å². The van der Waals surface area contributed by atoms with Crippen molar-refractivity contribution in [3.05, 3.63) is 47.5 Å². The van der Waals surface area contributed by atoms with Gasteiger partial charge in [0, 0.05) is 24.8 Å². The lowest BCUT2D eigenvalue weighted by Gasteiger charge is -2.23.